The number of β-amino-alcohol motifs (C(OH)–C–C–N with tert-alkyl or cyclic N) is 1. The Hall–Kier alpha value is -3.05. The van der Waals surface area contributed by atoms with Gasteiger partial charge in [-0.05, 0) is 48.2 Å². The summed E-state index contributed by atoms with van der Waals surface area (Å²) in [5.74, 6) is -0.828. The predicted molar refractivity (Wildman–Crippen MR) is 132 cm³/mol. The van der Waals surface area contributed by atoms with Crippen LogP contribution in [0, 0.1) is 0 Å². The van der Waals surface area contributed by atoms with E-state index in [0.29, 0.717) is 34.6 Å². The van der Waals surface area contributed by atoms with Crippen LogP contribution in [0.25, 0.3) is 0 Å². The van der Waals surface area contributed by atoms with Gasteiger partial charge in [-0.15, -0.1) is 0 Å². The van der Waals surface area contributed by atoms with Gasteiger partial charge < -0.3 is 26.2 Å². The number of guanidine groups is 1. The van der Waals surface area contributed by atoms with Gasteiger partial charge in [-0.3, -0.25) is 14.6 Å². The number of halogens is 3. The van der Waals surface area contributed by atoms with Crippen molar-refractivity contribution >= 4 is 39.3 Å². The number of amides is 1. The first-order valence-electron chi connectivity index (χ1n) is 11.1. The zero-order valence-corrected chi connectivity index (χ0v) is 20.6. The molecule has 0 saturated heterocycles. The van der Waals surface area contributed by atoms with Crippen molar-refractivity contribution in [2.75, 3.05) is 25.0 Å². The predicted octanol–water partition coefficient (Wildman–Crippen LogP) is 3.71. The van der Waals surface area contributed by atoms with E-state index in [1.165, 1.54) is 30.3 Å². The first kappa shape index (κ1) is 26.6. The molecule has 1 heterocycles. The Balaban J connectivity index is 1.61. The summed E-state index contributed by atoms with van der Waals surface area (Å²) in [6, 6.07) is 8.66. The van der Waals surface area contributed by atoms with Gasteiger partial charge in [0, 0.05) is 40.3 Å². The third kappa shape index (κ3) is 7.72. The summed E-state index contributed by atoms with van der Waals surface area (Å²) in [5, 5.41) is 27.9. The fourth-order valence-corrected chi connectivity index (χ4v) is 4.22. The van der Waals surface area contributed by atoms with Crippen molar-refractivity contribution in [3.63, 3.8) is 0 Å². The Morgan fingerprint density at radius 1 is 1.20 bits per heavy atom. The van der Waals surface area contributed by atoms with E-state index < -0.39 is 18.4 Å². The highest BCUT2D eigenvalue weighted by Crippen LogP contribution is 2.31. The van der Waals surface area contributed by atoms with Crippen molar-refractivity contribution in [3.8, 4) is 5.75 Å². The summed E-state index contributed by atoms with van der Waals surface area (Å²) in [7, 11) is 0. The maximum atomic E-state index is 13.2. The summed E-state index contributed by atoms with van der Waals surface area (Å²) in [6.07, 6.45) is -2.55. The molecule has 3 rings (SSSR count). The molecule has 8 nitrogen and oxygen atoms in total. The molecule has 0 spiro atoms. The maximum Gasteiger partial charge on any atom is 0.263 e. The molecule has 0 saturated carbocycles. The number of carbonyl (C=O) groups excluding carboxylic acids is 2. The van der Waals surface area contributed by atoms with E-state index in [4.69, 9.17) is 0 Å². The van der Waals surface area contributed by atoms with Crippen LogP contribution < -0.4 is 16.0 Å². The Labute approximate surface area is 210 Å². The van der Waals surface area contributed by atoms with E-state index in [1.54, 1.807) is 6.07 Å². The smallest absolute Gasteiger partial charge is 0.263 e. The number of ketones is 1. The Morgan fingerprint density at radius 3 is 2.60 bits per heavy atom. The number of alkyl halides is 2. The fraction of sp³-hybridized carbons (Fsp3) is 0.375. The second kappa shape index (κ2) is 12.1. The summed E-state index contributed by atoms with van der Waals surface area (Å²) >= 11 is 3.24. The molecular weight excluding hydrogens is 526 g/mol. The molecule has 2 atom stereocenters. The lowest BCUT2D eigenvalue weighted by molar-refractivity contribution is -0.118. The highest BCUT2D eigenvalue weighted by atomic mass is 79.9. The standard InChI is InChI=1S/C24H27BrF2N4O4/c1-2-13(14-3-15(22(26)27)5-17(25)4-14)7-20(33)10-28-23(35)16-6-18(9-19(32)8-16)31-24-29-11-21(34)12-30-24/h3-6,8-9,13,21-22,32,34H,2,7,10-12H2,1H3,(H,28,35)(H2,29,30,31)/t13-/m1/s1. The first-order valence-corrected chi connectivity index (χ1v) is 11.9. The number of rotatable bonds is 9. The summed E-state index contributed by atoms with van der Waals surface area (Å²) < 4.78 is 26.8. The molecular formula is C24H27BrF2N4O4. The average molecular weight is 553 g/mol. The molecule has 0 aliphatic carbocycles. The molecule has 1 aliphatic heterocycles. The van der Waals surface area contributed by atoms with Crippen molar-refractivity contribution in [2.24, 2.45) is 4.99 Å². The van der Waals surface area contributed by atoms with Crippen molar-refractivity contribution in [3.05, 3.63) is 57.6 Å². The molecule has 0 radical (unpaired) electrons. The summed E-state index contributed by atoms with van der Waals surface area (Å²) in [5.41, 5.74) is 1.05. The van der Waals surface area contributed by atoms with Gasteiger partial charge in [0.05, 0.1) is 19.2 Å². The number of aliphatic hydroxyl groups is 1. The minimum atomic E-state index is -2.62. The van der Waals surface area contributed by atoms with Crippen LogP contribution in [0.5, 0.6) is 5.75 Å². The second-order valence-electron chi connectivity index (χ2n) is 8.27. The topological polar surface area (TPSA) is 123 Å². The van der Waals surface area contributed by atoms with Crippen molar-refractivity contribution in [1.29, 1.82) is 0 Å². The molecule has 35 heavy (non-hydrogen) atoms. The third-order valence-electron chi connectivity index (χ3n) is 5.49. The number of nitrogens with one attached hydrogen (secondary N) is 3. The van der Waals surface area contributed by atoms with E-state index in [0.717, 1.165) is 0 Å². The van der Waals surface area contributed by atoms with Crippen molar-refractivity contribution < 1.29 is 28.6 Å². The molecule has 5 N–H and O–H groups in total. The Bertz CT molecular complexity index is 1110. The molecule has 2 aromatic rings. The van der Waals surface area contributed by atoms with Gasteiger partial charge in [-0.25, -0.2) is 8.78 Å². The quantitative estimate of drug-likeness (QED) is 0.323. The van der Waals surface area contributed by atoms with Crippen LogP contribution in [0.1, 0.15) is 53.6 Å². The number of anilines is 1. The van der Waals surface area contributed by atoms with Gasteiger partial charge in [0.1, 0.15) is 5.75 Å². The maximum absolute atomic E-state index is 13.2. The molecule has 1 unspecified atom stereocenters. The van der Waals surface area contributed by atoms with Crippen LogP contribution in [0.3, 0.4) is 0 Å². The van der Waals surface area contributed by atoms with Gasteiger partial charge in [0.2, 0.25) is 0 Å². The van der Waals surface area contributed by atoms with E-state index in [1.807, 2.05) is 6.92 Å². The SMILES string of the molecule is CC[C@H](CC(=O)CNC(=O)c1cc(O)cc(NC2=NCC(O)CN2)c1)c1cc(Br)cc(C(F)F)c1. The lowest BCUT2D eigenvalue weighted by Gasteiger charge is -2.20. The number of aliphatic imine (C=N–C) groups is 1. The lowest BCUT2D eigenvalue weighted by Crippen LogP contribution is -2.42. The van der Waals surface area contributed by atoms with E-state index in [-0.39, 0.29) is 48.1 Å². The van der Waals surface area contributed by atoms with Gasteiger partial charge in [0.25, 0.3) is 12.3 Å². The fourth-order valence-electron chi connectivity index (χ4n) is 3.69. The highest BCUT2D eigenvalue weighted by Gasteiger charge is 2.19. The van der Waals surface area contributed by atoms with Crippen molar-refractivity contribution in [2.45, 2.75) is 38.2 Å². The number of nitrogens with zero attached hydrogens (tertiary/aromatic N) is 1. The number of benzene rings is 2. The molecule has 0 aromatic heterocycles. The van der Waals surface area contributed by atoms with Crippen LogP contribution in [0.4, 0.5) is 14.5 Å². The van der Waals surface area contributed by atoms with Gasteiger partial charge in [-0.2, -0.15) is 0 Å². The number of hydrogen-bond donors (Lipinski definition) is 5. The third-order valence-corrected chi connectivity index (χ3v) is 5.94. The largest absolute Gasteiger partial charge is 0.508 e. The average Bonchev–Trinajstić information content (AvgIpc) is 2.81. The van der Waals surface area contributed by atoms with Crippen molar-refractivity contribution in [1.82, 2.24) is 10.6 Å². The molecule has 2 aromatic carbocycles. The zero-order chi connectivity index (χ0) is 25.5. The number of aliphatic hydroxyl groups excluding tert-OH is 1. The van der Waals surface area contributed by atoms with Gasteiger partial charge in [0.15, 0.2) is 11.7 Å². The number of hydrogen-bond acceptors (Lipinski definition) is 7. The Morgan fingerprint density at radius 2 is 1.94 bits per heavy atom. The number of carbonyl (C=O) groups is 2. The Kier molecular flexibility index (Phi) is 9.16. The highest BCUT2D eigenvalue weighted by molar-refractivity contribution is 9.10. The second-order valence-corrected chi connectivity index (χ2v) is 9.18. The summed E-state index contributed by atoms with van der Waals surface area (Å²) in [6.45, 7) is 2.18. The number of phenolic OH excluding ortho intramolecular Hbond substituents is 1. The van der Waals surface area contributed by atoms with Crippen LogP contribution in [-0.2, 0) is 4.79 Å². The lowest BCUT2D eigenvalue weighted by atomic mass is 9.90. The molecule has 1 amide bonds. The van der Waals surface area contributed by atoms with Crippen LogP contribution in [0.15, 0.2) is 45.9 Å². The molecule has 1 aliphatic rings. The first-order chi connectivity index (χ1) is 16.6. The van der Waals surface area contributed by atoms with E-state index in [2.05, 4.69) is 36.9 Å². The minimum Gasteiger partial charge on any atom is -0.508 e. The van der Waals surface area contributed by atoms with E-state index >= 15 is 0 Å². The zero-order valence-electron chi connectivity index (χ0n) is 19.0. The van der Waals surface area contributed by atoms with Crippen LogP contribution in [-0.4, -0.2) is 53.6 Å². The van der Waals surface area contributed by atoms with Crippen LogP contribution >= 0.6 is 15.9 Å². The van der Waals surface area contributed by atoms with Gasteiger partial charge >= 0.3 is 0 Å². The number of phenols is 1. The molecule has 0 bridgehead atoms. The minimum absolute atomic E-state index is 0.0834. The summed E-state index contributed by atoms with van der Waals surface area (Å²) in [4.78, 5) is 29.3. The molecule has 11 heteroatoms. The number of Topliss-reactive ketones (excluding diaryl/α,β-unsaturated/α-hetero) is 1. The van der Waals surface area contributed by atoms with Crippen LogP contribution in [0.2, 0.25) is 0 Å². The number of aromatic hydroxyl groups is 1. The monoisotopic (exact) mass is 552 g/mol. The molecule has 0 fully saturated rings. The van der Waals surface area contributed by atoms with E-state index in [9.17, 15) is 28.6 Å². The molecule has 188 valence electrons. The van der Waals surface area contributed by atoms with Gasteiger partial charge in [-0.1, -0.05) is 22.9 Å². The normalized spacial score (nSPS) is 16.3.